The van der Waals surface area contributed by atoms with E-state index in [1.54, 1.807) is 13.2 Å². The van der Waals surface area contributed by atoms with Crippen molar-refractivity contribution in [2.24, 2.45) is 0 Å². The summed E-state index contributed by atoms with van der Waals surface area (Å²) in [5, 5.41) is 18.5. The summed E-state index contributed by atoms with van der Waals surface area (Å²) in [7, 11) is 1.63. The van der Waals surface area contributed by atoms with E-state index in [9.17, 15) is 5.11 Å². The van der Waals surface area contributed by atoms with Crippen molar-refractivity contribution in [3.05, 3.63) is 71.5 Å². The molecule has 130 valence electrons. The fourth-order valence-electron chi connectivity index (χ4n) is 3.22. The Bertz CT molecular complexity index is 1070. The van der Waals surface area contributed by atoms with E-state index < -0.39 is 0 Å². The molecule has 5 nitrogen and oxygen atoms in total. The van der Waals surface area contributed by atoms with E-state index >= 15 is 0 Å². The van der Waals surface area contributed by atoms with Crippen LogP contribution < -0.4 is 4.74 Å². The molecule has 0 amide bonds. The highest BCUT2D eigenvalue weighted by Crippen LogP contribution is 2.35. The summed E-state index contributed by atoms with van der Waals surface area (Å²) in [6.07, 6.45) is 2.51. The largest absolute Gasteiger partial charge is 0.507 e. The number of pyridine rings is 1. The van der Waals surface area contributed by atoms with Crippen LogP contribution in [-0.2, 0) is 6.42 Å². The minimum Gasteiger partial charge on any atom is -0.507 e. The molecule has 0 aliphatic rings. The molecule has 0 spiro atoms. The predicted molar refractivity (Wildman–Crippen MR) is 102 cm³/mol. The molecule has 2 aromatic heterocycles. The Morgan fingerprint density at radius 2 is 1.92 bits per heavy atom. The lowest BCUT2D eigenvalue weighted by atomic mass is 10.0. The zero-order valence-corrected chi connectivity index (χ0v) is 14.7. The Labute approximate surface area is 151 Å². The molecule has 0 saturated carbocycles. The smallest absolute Gasteiger partial charge is 0.127 e. The quantitative estimate of drug-likeness (QED) is 0.580. The molecule has 0 bridgehead atoms. The summed E-state index contributed by atoms with van der Waals surface area (Å²) < 4.78 is 5.39. The minimum absolute atomic E-state index is 0.197. The van der Waals surface area contributed by atoms with E-state index in [0.29, 0.717) is 17.5 Å². The number of aromatic hydroxyl groups is 1. The number of aromatic nitrogens is 3. The molecular formula is C21H19N3O2. The highest BCUT2D eigenvalue weighted by Gasteiger charge is 2.15. The fourth-order valence-corrected chi connectivity index (χ4v) is 3.22. The molecule has 0 aliphatic heterocycles. The number of aromatic amines is 1. The van der Waals surface area contributed by atoms with Crippen molar-refractivity contribution in [2.75, 3.05) is 7.11 Å². The van der Waals surface area contributed by atoms with Gasteiger partial charge in [0.25, 0.3) is 0 Å². The monoisotopic (exact) mass is 345 g/mol. The number of rotatable bonds is 4. The highest BCUT2D eigenvalue weighted by atomic mass is 16.5. The van der Waals surface area contributed by atoms with Gasteiger partial charge in [-0.25, -0.2) is 4.98 Å². The second-order valence-corrected chi connectivity index (χ2v) is 6.22. The standard InChI is InChI=1S/C21H19N3O2/c1-13-20(26-2)9-8-15-19(25)11-17(23-21(13)15)16-12-22-24-18(16)10-14-6-4-3-5-7-14/h3-9,11-12H,10H2,1-2H3,(H,22,24)(H,23,25). The number of methoxy groups -OCH3 is 1. The van der Waals surface area contributed by atoms with Gasteiger partial charge in [-0.05, 0) is 24.6 Å². The van der Waals surface area contributed by atoms with Gasteiger partial charge in [0.1, 0.15) is 11.5 Å². The van der Waals surface area contributed by atoms with E-state index in [4.69, 9.17) is 9.72 Å². The van der Waals surface area contributed by atoms with Gasteiger partial charge in [0.05, 0.1) is 24.0 Å². The molecule has 2 N–H and O–H groups in total. The topological polar surface area (TPSA) is 71.0 Å². The number of ether oxygens (including phenoxy) is 1. The maximum Gasteiger partial charge on any atom is 0.127 e. The summed E-state index contributed by atoms with van der Waals surface area (Å²) in [6, 6.07) is 15.5. The summed E-state index contributed by atoms with van der Waals surface area (Å²) in [4.78, 5) is 4.79. The average Bonchev–Trinajstić information content (AvgIpc) is 3.11. The average molecular weight is 345 g/mol. The van der Waals surface area contributed by atoms with Gasteiger partial charge in [-0.1, -0.05) is 30.3 Å². The third kappa shape index (κ3) is 2.77. The molecule has 0 unspecified atom stereocenters. The van der Waals surface area contributed by atoms with E-state index in [1.807, 2.05) is 43.5 Å². The molecule has 0 radical (unpaired) electrons. The number of hydrogen-bond donors (Lipinski definition) is 2. The van der Waals surface area contributed by atoms with Gasteiger partial charge in [0.15, 0.2) is 0 Å². The maximum atomic E-state index is 10.5. The van der Waals surface area contributed by atoms with Crippen LogP contribution in [0.25, 0.3) is 22.2 Å². The zero-order valence-electron chi connectivity index (χ0n) is 14.7. The molecule has 2 aromatic carbocycles. The number of benzene rings is 2. The van der Waals surface area contributed by atoms with Crippen LogP contribution in [0.4, 0.5) is 0 Å². The Morgan fingerprint density at radius 3 is 2.69 bits per heavy atom. The normalized spacial score (nSPS) is 11.0. The van der Waals surface area contributed by atoms with Crippen LogP contribution in [0.15, 0.2) is 54.7 Å². The molecule has 4 aromatic rings. The van der Waals surface area contributed by atoms with Crippen molar-refractivity contribution in [3.8, 4) is 22.8 Å². The van der Waals surface area contributed by atoms with Gasteiger partial charge < -0.3 is 9.84 Å². The molecular weight excluding hydrogens is 326 g/mol. The number of fused-ring (bicyclic) bond motifs is 1. The van der Waals surface area contributed by atoms with Crippen molar-refractivity contribution in [1.82, 2.24) is 15.2 Å². The minimum atomic E-state index is 0.197. The first kappa shape index (κ1) is 16.1. The van der Waals surface area contributed by atoms with Crippen LogP contribution in [-0.4, -0.2) is 27.4 Å². The number of hydrogen-bond acceptors (Lipinski definition) is 4. The van der Waals surface area contributed by atoms with Crippen LogP contribution >= 0.6 is 0 Å². The summed E-state index contributed by atoms with van der Waals surface area (Å²) >= 11 is 0. The second kappa shape index (κ2) is 6.52. The first-order valence-electron chi connectivity index (χ1n) is 8.41. The molecule has 5 heteroatoms. The van der Waals surface area contributed by atoms with E-state index in [-0.39, 0.29) is 5.75 Å². The third-order valence-corrected chi connectivity index (χ3v) is 4.59. The molecule has 2 heterocycles. The lowest BCUT2D eigenvalue weighted by Crippen LogP contribution is -1.95. The van der Waals surface area contributed by atoms with Gasteiger partial charge in [0, 0.05) is 35.2 Å². The second-order valence-electron chi connectivity index (χ2n) is 6.22. The van der Waals surface area contributed by atoms with Crippen molar-refractivity contribution in [1.29, 1.82) is 0 Å². The summed E-state index contributed by atoms with van der Waals surface area (Å²) in [5.74, 6) is 0.945. The van der Waals surface area contributed by atoms with Crippen LogP contribution in [0, 0.1) is 6.92 Å². The Kier molecular flexibility index (Phi) is 4.05. The fraction of sp³-hybridized carbons (Fsp3) is 0.143. The highest BCUT2D eigenvalue weighted by molar-refractivity contribution is 5.91. The van der Waals surface area contributed by atoms with Crippen LogP contribution in [0.5, 0.6) is 11.5 Å². The van der Waals surface area contributed by atoms with Gasteiger partial charge in [-0.2, -0.15) is 5.10 Å². The van der Waals surface area contributed by atoms with E-state index in [1.165, 1.54) is 5.56 Å². The van der Waals surface area contributed by atoms with Gasteiger partial charge in [0.2, 0.25) is 0 Å². The van der Waals surface area contributed by atoms with E-state index in [2.05, 4.69) is 22.3 Å². The zero-order chi connectivity index (χ0) is 18.1. The molecule has 0 saturated heterocycles. The van der Waals surface area contributed by atoms with Gasteiger partial charge in [-0.3, -0.25) is 5.10 Å². The first-order valence-corrected chi connectivity index (χ1v) is 8.41. The third-order valence-electron chi connectivity index (χ3n) is 4.59. The summed E-state index contributed by atoms with van der Waals surface area (Å²) in [6.45, 7) is 1.94. The van der Waals surface area contributed by atoms with Crippen LogP contribution in [0.2, 0.25) is 0 Å². The Morgan fingerprint density at radius 1 is 1.12 bits per heavy atom. The molecule has 0 atom stereocenters. The number of nitrogens with one attached hydrogen (secondary N) is 1. The Hall–Kier alpha value is -3.34. The lowest BCUT2D eigenvalue weighted by molar-refractivity contribution is 0.412. The molecule has 0 aliphatic carbocycles. The van der Waals surface area contributed by atoms with Gasteiger partial charge in [-0.15, -0.1) is 0 Å². The van der Waals surface area contributed by atoms with Crippen molar-refractivity contribution in [3.63, 3.8) is 0 Å². The predicted octanol–water partition coefficient (Wildman–Crippen LogP) is 4.24. The van der Waals surface area contributed by atoms with Crippen molar-refractivity contribution in [2.45, 2.75) is 13.3 Å². The van der Waals surface area contributed by atoms with Crippen LogP contribution in [0.1, 0.15) is 16.8 Å². The van der Waals surface area contributed by atoms with E-state index in [0.717, 1.165) is 28.1 Å². The molecule has 4 rings (SSSR count). The lowest BCUT2D eigenvalue weighted by Gasteiger charge is -2.11. The molecule has 26 heavy (non-hydrogen) atoms. The Balaban J connectivity index is 1.83. The van der Waals surface area contributed by atoms with Crippen LogP contribution in [0.3, 0.4) is 0 Å². The number of aryl methyl sites for hydroxylation is 1. The number of H-pyrrole nitrogens is 1. The maximum absolute atomic E-state index is 10.5. The van der Waals surface area contributed by atoms with Gasteiger partial charge >= 0.3 is 0 Å². The SMILES string of the molecule is COc1ccc2c(O)cc(-c3c[nH]nc3Cc3ccccc3)nc2c1C. The van der Waals surface area contributed by atoms with Crippen molar-refractivity contribution >= 4 is 10.9 Å². The summed E-state index contributed by atoms with van der Waals surface area (Å²) in [5.41, 5.74) is 5.26. The number of nitrogens with zero attached hydrogens (tertiary/aromatic N) is 2. The first-order chi connectivity index (χ1) is 12.7. The molecule has 0 fully saturated rings. The van der Waals surface area contributed by atoms with Crippen molar-refractivity contribution < 1.29 is 9.84 Å².